The molecule has 0 spiro atoms. The summed E-state index contributed by atoms with van der Waals surface area (Å²) in [6.45, 7) is 4.86. The largest absolute Gasteiger partial charge is 0.416 e. The van der Waals surface area contributed by atoms with Crippen molar-refractivity contribution in [3.05, 3.63) is 75.9 Å². The maximum atomic E-state index is 17.2. The molecule has 0 amide bonds. The van der Waals surface area contributed by atoms with Crippen molar-refractivity contribution in [1.29, 1.82) is 0 Å². The van der Waals surface area contributed by atoms with Gasteiger partial charge >= 0.3 is 6.18 Å². The monoisotopic (exact) mass is 710 g/mol. The second-order valence-corrected chi connectivity index (χ2v) is 16.6. The summed E-state index contributed by atoms with van der Waals surface area (Å²) in [6.07, 6.45) is -2.80. The van der Waals surface area contributed by atoms with Crippen LogP contribution in [0.1, 0.15) is 122 Å². The average Bonchev–Trinajstić information content (AvgIpc) is 3.02. The van der Waals surface area contributed by atoms with E-state index >= 15 is 4.39 Å². The first-order valence-corrected chi connectivity index (χ1v) is 18.4. The molecular weight excluding hydrogens is 670 g/mol. The molecule has 2 unspecified atom stereocenters. The Balaban J connectivity index is 1.44. The molecule has 1 aliphatic heterocycles. The lowest BCUT2D eigenvalue weighted by molar-refractivity contribution is -0.137. The topological polar surface area (TPSA) is 96.3 Å². The van der Waals surface area contributed by atoms with E-state index in [0.29, 0.717) is 67.2 Å². The highest BCUT2D eigenvalue weighted by atomic mass is 32.2. The molecule has 2 fully saturated rings. The van der Waals surface area contributed by atoms with E-state index in [1.165, 1.54) is 12.4 Å². The van der Waals surface area contributed by atoms with Crippen LogP contribution in [0.5, 0.6) is 0 Å². The van der Waals surface area contributed by atoms with Gasteiger partial charge in [0.05, 0.1) is 29.8 Å². The highest BCUT2D eigenvalue weighted by Crippen LogP contribution is 2.52. The number of rotatable bonds is 6. The number of sulfone groups is 1. The number of piperidine rings is 1. The molecule has 3 heterocycles. The molecule has 2 aliphatic carbocycles. The molecule has 0 radical (unpaired) electrons. The molecule has 2 aromatic heterocycles. The first kappa shape index (κ1) is 35.6. The van der Waals surface area contributed by atoms with E-state index in [-0.39, 0.29) is 40.2 Å². The molecule has 1 saturated carbocycles. The molecule has 3 aromatic rings. The second-order valence-electron chi connectivity index (χ2n) is 14.6. The van der Waals surface area contributed by atoms with Gasteiger partial charge in [-0.05, 0) is 73.1 Å². The minimum Gasteiger partial charge on any atom is -0.388 e. The summed E-state index contributed by atoms with van der Waals surface area (Å²) >= 11 is 0. The fourth-order valence-electron chi connectivity index (χ4n) is 7.73. The SMILES string of the molecule is CC1(C)Cc2nc(C3CCN(c4ncc(S(C)(=O)=O)cn4)CC3)c(C(F)c3ccc(C(F)(F)F)cc3)c(C3CCC(F)(F)CC3)c2C(O)C1. The van der Waals surface area contributed by atoms with E-state index in [1.54, 1.807) is 0 Å². The van der Waals surface area contributed by atoms with Crippen molar-refractivity contribution in [2.45, 2.75) is 106 Å². The lowest BCUT2D eigenvalue weighted by Crippen LogP contribution is -2.36. The Labute approximate surface area is 282 Å². The fraction of sp³-hybridized carbons (Fsp3) is 0.571. The number of hydrogen-bond donors (Lipinski definition) is 1. The second kappa shape index (κ2) is 12.8. The number of hydrogen-bond acceptors (Lipinski definition) is 7. The molecule has 14 heteroatoms. The van der Waals surface area contributed by atoms with E-state index in [0.717, 1.165) is 30.5 Å². The van der Waals surface area contributed by atoms with Gasteiger partial charge in [0.1, 0.15) is 4.90 Å². The number of benzene rings is 1. The van der Waals surface area contributed by atoms with Crippen LogP contribution in [0.15, 0.2) is 41.6 Å². The molecule has 49 heavy (non-hydrogen) atoms. The lowest BCUT2D eigenvalue weighted by atomic mass is 9.68. The Bertz CT molecular complexity index is 1780. The van der Waals surface area contributed by atoms with Crippen LogP contribution in [0.3, 0.4) is 0 Å². The van der Waals surface area contributed by atoms with Crippen LogP contribution < -0.4 is 4.90 Å². The van der Waals surface area contributed by atoms with Crippen LogP contribution in [0.4, 0.5) is 32.3 Å². The summed E-state index contributed by atoms with van der Waals surface area (Å²) in [5.41, 5.74) is 0.899. The maximum Gasteiger partial charge on any atom is 0.416 e. The van der Waals surface area contributed by atoms with Crippen molar-refractivity contribution in [3.63, 3.8) is 0 Å². The molecular formula is C35H40F6N4O3S. The smallest absolute Gasteiger partial charge is 0.388 e. The zero-order valence-electron chi connectivity index (χ0n) is 27.6. The molecule has 1 aromatic carbocycles. The summed E-state index contributed by atoms with van der Waals surface area (Å²) in [7, 11) is -3.48. The van der Waals surface area contributed by atoms with Crippen molar-refractivity contribution >= 4 is 15.8 Å². The molecule has 1 saturated heterocycles. The number of aromatic nitrogens is 3. The Kier molecular flexibility index (Phi) is 9.30. The lowest BCUT2D eigenvalue weighted by Gasteiger charge is -2.41. The van der Waals surface area contributed by atoms with E-state index in [4.69, 9.17) is 4.98 Å². The summed E-state index contributed by atoms with van der Waals surface area (Å²) in [5.74, 6) is -3.31. The molecule has 266 valence electrons. The zero-order valence-corrected chi connectivity index (χ0v) is 28.4. The Hall–Kier alpha value is -3.26. The van der Waals surface area contributed by atoms with Gasteiger partial charge in [-0.15, -0.1) is 0 Å². The van der Waals surface area contributed by atoms with Gasteiger partial charge in [0.2, 0.25) is 11.9 Å². The maximum absolute atomic E-state index is 17.2. The number of anilines is 1. The first-order chi connectivity index (χ1) is 22.8. The number of alkyl halides is 6. The number of fused-ring (bicyclic) bond motifs is 1. The molecule has 3 aliphatic rings. The van der Waals surface area contributed by atoms with Crippen LogP contribution in [-0.2, 0) is 22.4 Å². The van der Waals surface area contributed by atoms with Crippen LogP contribution in [-0.4, -0.2) is 53.7 Å². The number of halogens is 6. The van der Waals surface area contributed by atoms with Gasteiger partial charge in [-0.25, -0.2) is 31.6 Å². The van der Waals surface area contributed by atoms with Gasteiger partial charge < -0.3 is 10.0 Å². The van der Waals surface area contributed by atoms with Gasteiger partial charge in [0.25, 0.3) is 0 Å². The number of nitrogens with zero attached hydrogens (tertiary/aromatic N) is 4. The van der Waals surface area contributed by atoms with Crippen LogP contribution in [0, 0.1) is 5.41 Å². The zero-order chi connectivity index (χ0) is 35.5. The average molecular weight is 711 g/mol. The van der Waals surface area contributed by atoms with Gasteiger partial charge in [0, 0.05) is 54.9 Å². The number of aliphatic hydroxyl groups excluding tert-OH is 1. The minimum absolute atomic E-state index is 0.00981. The van der Waals surface area contributed by atoms with Crippen LogP contribution in [0.2, 0.25) is 0 Å². The fourth-order valence-corrected chi connectivity index (χ4v) is 8.22. The van der Waals surface area contributed by atoms with E-state index in [1.807, 2.05) is 18.7 Å². The highest BCUT2D eigenvalue weighted by Gasteiger charge is 2.44. The Morgan fingerprint density at radius 2 is 1.53 bits per heavy atom. The summed E-state index contributed by atoms with van der Waals surface area (Å²) in [6, 6.07) is 3.88. The van der Waals surface area contributed by atoms with Crippen LogP contribution in [0.25, 0.3) is 0 Å². The third-order valence-corrected chi connectivity index (χ3v) is 11.3. The van der Waals surface area contributed by atoms with Gasteiger partial charge in [-0.2, -0.15) is 13.2 Å². The molecule has 2 atom stereocenters. The molecule has 1 N–H and O–H groups in total. The standard InChI is InChI=1S/C35H40F6N4O3S/c1-33(2)16-25-28(26(46)17-33)27(20-8-12-34(37,38)13-9-20)29(30(36)21-4-6-23(7-5-21)35(39,40)41)31(44-25)22-10-14-45(15-11-22)32-42-18-24(19-43-32)49(3,47)48/h4-7,18-20,22,26,30,46H,8-17H2,1-3H3. The van der Waals surface area contributed by atoms with Crippen molar-refractivity contribution in [1.82, 2.24) is 15.0 Å². The Morgan fingerprint density at radius 1 is 0.939 bits per heavy atom. The quantitative estimate of drug-likeness (QED) is 0.259. The summed E-state index contributed by atoms with van der Waals surface area (Å²) in [5, 5.41) is 11.6. The Morgan fingerprint density at radius 3 is 2.08 bits per heavy atom. The van der Waals surface area contributed by atoms with E-state index < -0.39 is 58.5 Å². The number of aliphatic hydroxyl groups is 1. The van der Waals surface area contributed by atoms with Crippen molar-refractivity contribution < 1.29 is 39.9 Å². The summed E-state index contributed by atoms with van der Waals surface area (Å²) in [4.78, 5) is 15.4. The minimum atomic E-state index is -4.61. The van der Waals surface area contributed by atoms with Gasteiger partial charge in [0.15, 0.2) is 16.0 Å². The van der Waals surface area contributed by atoms with Crippen molar-refractivity contribution in [2.75, 3.05) is 24.2 Å². The summed E-state index contributed by atoms with van der Waals surface area (Å²) < 4.78 is 110. The number of pyridine rings is 1. The molecule has 0 bridgehead atoms. The van der Waals surface area contributed by atoms with E-state index in [2.05, 4.69) is 9.97 Å². The first-order valence-electron chi connectivity index (χ1n) is 16.5. The molecule has 7 nitrogen and oxygen atoms in total. The van der Waals surface area contributed by atoms with Crippen molar-refractivity contribution in [3.8, 4) is 0 Å². The van der Waals surface area contributed by atoms with Gasteiger partial charge in [-0.3, -0.25) is 4.98 Å². The third kappa shape index (κ3) is 7.45. The highest BCUT2D eigenvalue weighted by molar-refractivity contribution is 7.90. The normalized spacial score (nSPS) is 22.5. The van der Waals surface area contributed by atoms with Crippen LogP contribution >= 0.6 is 0 Å². The third-order valence-electron chi connectivity index (χ3n) is 10.3. The van der Waals surface area contributed by atoms with Gasteiger partial charge in [-0.1, -0.05) is 26.0 Å². The van der Waals surface area contributed by atoms with Crippen molar-refractivity contribution in [2.24, 2.45) is 5.41 Å². The molecule has 6 rings (SSSR count). The van der Waals surface area contributed by atoms with E-state index in [9.17, 15) is 35.5 Å². The predicted molar refractivity (Wildman–Crippen MR) is 171 cm³/mol. The predicted octanol–water partition coefficient (Wildman–Crippen LogP) is 8.04.